The van der Waals surface area contributed by atoms with Gasteiger partial charge < -0.3 is 10.1 Å². The number of benzene rings is 1. The minimum Gasteiger partial charge on any atom is -0.495 e. The van der Waals surface area contributed by atoms with Gasteiger partial charge in [-0.05, 0) is 25.2 Å². The molecule has 1 aromatic heterocycles. The predicted octanol–water partition coefficient (Wildman–Crippen LogP) is 2.79. The van der Waals surface area contributed by atoms with E-state index in [1.165, 1.54) is 0 Å². The Bertz CT molecular complexity index is 688. The molecule has 2 aromatic rings. The van der Waals surface area contributed by atoms with Gasteiger partial charge in [0.05, 0.1) is 25.0 Å². The summed E-state index contributed by atoms with van der Waals surface area (Å²) >= 11 is 0. The van der Waals surface area contributed by atoms with Gasteiger partial charge >= 0.3 is 0 Å². The van der Waals surface area contributed by atoms with Gasteiger partial charge in [0, 0.05) is 17.7 Å². The van der Waals surface area contributed by atoms with Gasteiger partial charge in [-0.3, -0.25) is 14.8 Å². The Morgan fingerprint density at radius 2 is 2.04 bits per heavy atom. The minimum atomic E-state index is -0.0856. The summed E-state index contributed by atoms with van der Waals surface area (Å²) in [6, 6.07) is 9.42. The van der Waals surface area contributed by atoms with E-state index >= 15 is 0 Å². The lowest BCUT2D eigenvalue weighted by atomic mass is 9.92. The van der Waals surface area contributed by atoms with E-state index in [1.807, 2.05) is 36.2 Å². The summed E-state index contributed by atoms with van der Waals surface area (Å²) in [6.45, 7) is 7.27. The molecule has 0 aliphatic carbocycles. The average Bonchev–Trinajstić information content (AvgIpc) is 2.96. The van der Waals surface area contributed by atoms with Gasteiger partial charge in [-0.15, -0.1) is 0 Å². The third-order valence-electron chi connectivity index (χ3n) is 3.63. The van der Waals surface area contributed by atoms with Crippen LogP contribution in [0.25, 0.3) is 0 Å². The van der Waals surface area contributed by atoms with Crippen LogP contribution in [0.15, 0.2) is 30.3 Å². The van der Waals surface area contributed by atoms with Crippen LogP contribution in [0.4, 0.5) is 5.69 Å². The highest BCUT2D eigenvalue weighted by Gasteiger charge is 2.18. The summed E-state index contributed by atoms with van der Waals surface area (Å²) in [5, 5.41) is 10.3. The van der Waals surface area contributed by atoms with Gasteiger partial charge in [-0.2, -0.15) is 5.10 Å². The number of nitrogens with one attached hydrogen (secondary N) is 2. The highest BCUT2D eigenvalue weighted by molar-refractivity contribution is 5.93. The lowest BCUT2D eigenvalue weighted by Gasteiger charge is -2.16. The molecule has 0 aliphatic heterocycles. The first-order valence-corrected chi connectivity index (χ1v) is 7.96. The number of carbonyl (C=O) groups excluding carboxylic acids is 1. The van der Waals surface area contributed by atoms with Crippen LogP contribution in [-0.2, 0) is 16.8 Å². The van der Waals surface area contributed by atoms with Gasteiger partial charge in [-0.1, -0.05) is 32.9 Å². The van der Waals surface area contributed by atoms with Gasteiger partial charge in [-0.25, -0.2) is 0 Å². The number of aromatic nitrogens is 2. The van der Waals surface area contributed by atoms with E-state index in [9.17, 15) is 4.79 Å². The molecule has 0 bridgehead atoms. The lowest BCUT2D eigenvalue weighted by Crippen LogP contribution is -2.30. The van der Waals surface area contributed by atoms with Gasteiger partial charge in [0.15, 0.2) is 0 Å². The Labute approximate surface area is 143 Å². The minimum absolute atomic E-state index is 0.00849. The third kappa shape index (κ3) is 4.83. The molecule has 2 rings (SSSR count). The predicted molar refractivity (Wildman–Crippen MR) is 95.2 cm³/mol. The monoisotopic (exact) mass is 330 g/mol. The second kappa shape index (κ2) is 7.49. The molecule has 0 saturated heterocycles. The van der Waals surface area contributed by atoms with Crippen LogP contribution >= 0.6 is 0 Å². The zero-order chi connectivity index (χ0) is 17.7. The van der Waals surface area contributed by atoms with E-state index in [2.05, 4.69) is 42.4 Å². The number of hydrogen-bond acceptors (Lipinski definition) is 4. The van der Waals surface area contributed by atoms with E-state index in [0.717, 1.165) is 11.4 Å². The average molecular weight is 330 g/mol. The number of carbonyl (C=O) groups is 1. The number of hydrogen-bond donors (Lipinski definition) is 2. The fraction of sp³-hybridized carbons (Fsp3) is 0.444. The third-order valence-corrected chi connectivity index (χ3v) is 3.63. The van der Waals surface area contributed by atoms with Crippen molar-refractivity contribution >= 4 is 11.6 Å². The molecule has 24 heavy (non-hydrogen) atoms. The molecule has 0 atom stereocenters. The number of ether oxygens (including phenoxy) is 1. The highest BCUT2D eigenvalue weighted by Crippen LogP contribution is 2.23. The molecule has 6 nitrogen and oxygen atoms in total. The number of para-hydroxylation sites is 2. The van der Waals surface area contributed by atoms with Crippen LogP contribution < -0.4 is 10.1 Å². The molecule has 0 saturated carbocycles. The van der Waals surface area contributed by atoms with Crippen molar-refractivity contribution in [1.29, 1.82) is 0 Å². The molecule has 130 valence electrons. The van der Waals surface area contributed by atoms with Crippen molar-refractivity contribution in [1.82, 2.24) is 15.1 Å². The molecular formula is C18H26N4O2. The Balaban J connectivity index is 1.91. The van der Waals surface area contributed by atoms with E-state index in [-0.39, 0.29) is 17.9 Å². The van der Waals surface area contributed by atoms with Crippen molar-refractivity contribution in [3.8, 4) is 5.75 Å². The molecule has 0 radical (unpaired) electrons. The highest BCUT2D eigenvalue weighted by atomic mass is 16.5. The maximum atomic E-state index is 12.2. The number of likely N-dealkylation sites (N-methyl/N-ethyl adjacent to an activating group) is 1. The van der Waals surface area contributed by atoms with Crippen LogP contribution in [0.5, 0.6) is 5.75 Å². The number of H-pyrrole nitrogens is 1. The van der Waals surface area contributed by atoms with E-state index in [4.69, 9.17) is 4.74 Å². The maximum Gasteiger partial charge on any atom is 0.238 e. The number of nitrogens with zero attached hydrogens (tertiary/aromatic N) is 2. The molecule has 0 aliphatic rings. The number of methoxy groups -OCH3 is 1. The fourth-order valence-corrected chi connectivity index (χ4v) is 2.36. The van der Waals surface area contributed by atoms with Crippen LogP contribution in [0.3, 0.4) is 0 Å². The summed E-state index contributed by atoms with van der Waals surface area (Å²) in [4.78, 5) is 14.1. The first-order chi connectivity index (χ1) is 11.3. The van der Waals surface area contributed by atoms with E-state index < -0.39 is 0 Å². The fourth-order valence-electron chi connectivity index (χ4n) is 2.36. The van der Waals surface area contributed by atoms with E-state index in [0.29, 0.717) is 18.0 Å². The molecule has 0 fully saturated rings. The van der Waals surface area contributed by atoms with Crippen LogP contribution in [-0.4, -0.2) is 41.7 Å². The molecule has 1 heterocycles. The van der Waals surface area contributed by atoms with Crippen molar-refractivity contribution in [2.75, 3.05) is 26.0 Å². The van der Waals surface area contributed by atoms with Gasteiger partial charge in [0.2, 0.25) is 5.91 Å². The Hall–Kier alpha value is -2.34. The second-order valence-corrected chi connectivity index (χ2v) is 6.95. The van der Waals surface area contributed by atoms with Gasteiger partial charge in [0.25, 0.3) is 0 Å². The summed E-state index contributed by atoms with van der Waals surface area (Å²) in [7, 11) is 3.49. The van der Waals surface area contributed by atoms with E-state index in [1.54, 1.807) is 7.11 Å². The van der Waals surface area contributed by atoms with Crippen LogP contribution in [0.1, 0.15) is 32.2 Å². The largest absolute Gasteiger partial charge is 0.495 e. The second-order valence-electron chi connectivity index (χ2n) is 6.95. The quantitative estimate of drug-likeness (QED) is 0.854. The summed E-state index contributed by atoms with van der Waals surface area (Å²) < 4.78 is 5.24. The normalized spacial score (nSPS) is 11.6. The number of rotatable bonds is 6. The molecule has 0 spiro atoms. The Morgan fingerprint density at radius 3 is 2.67 bits per heavy atom. The molecule has 6 heteroatoms. The zero-order valence-corrected chi connectivity index (χ0v) is 15.0. The lowest BCUT2D eigenvalue weighted by molar-refractivity contribution is -0.117. The Kier molecular flexibility index (Phi) is 5.62. The number of anilines is 1. The Morgan fingerprint density at radius 1 is 1.33 bits per heavy atom. The summed E-state index contributed by atoms with van der Waals surface area (Å²) in [5.74, 6) is 0.564. The number of aromatic amines is 1. The number of amides is 1. The SMILES string of the molecule is COc1ccccc1NC(=O)CN(C)Cc1cc(C(C)(C)C)n[nH]1. The molecular weight excluding hydrogens is 304 g/mol. The van der Waals surface area contributed by atoms with Gasteiger partial charge in [0.1, 0.15) is 5.75 Å². The summed E-state index contributed by atoms with van der Waals surface area (Å²) in [6.07, 6.45) is 0. The standard InChI is InChI=1S/C18H26N4O2/c1-18(2,3)16-10-13(20-21-16)11-22(4)12-17(23)19-14-8-6-7-9-15(14)24-5/h6-10H,11-12H2,1-5H3,(H,19,23)(H,20,21). The molecule has 1 aromatic carbocycles. The van der Waals surface area contributed by atoms with Crippen molar-refractivity contribution < 1.29 is 9.53 Å². The van der Waals surface area contributed by atoms with Crippen molar-refractivity contribution in [3.63, 3.8) is 0 Å². The summed E-state index contributed by atoms with van der Waals surface area (Å²) in [5.41, 5.74) is 2.70. The smallest absolute Gasteiger partial charge is 0.238 e. The molecule has 2 N–H and O–H groups in total. The molecule has 1 amide bonds. The first kappa shape index (κ1) is 18.0. The van der Waals surface area contributed by atoms with Crippen molar-refractivity contribution in [3.05, 3.63) is 41.7 Å². The van der Waals surface area contributed by atoms with Crippen molar-refractivity contribution in [2.24, 2.45) is 0 Å². The maximum absolute atomic E-state index is 12.2. The zero-order valence-electron chi connectivity index (χ0n) is 15.0. The topological polar surface area (TPSA) is 70.2 Å². The van der Waals surface area contributed by atoms with Crippen molar-refractivity contribution in [2.45, 2.75) is 32.7 Å². The van der Waals surface area contributed by atoms with Crippen LogP contribution in [0, 0.1) is 0 Å². The molecule has 0 unspecified atom stereocenters. The first-order valence-electron chi connectivity index (χ1n) is 7.96. The van der Waals surface area contributed by atoms with Crippen LogP contribution in [0.2, 0.25) is 0 Å².